The van der Waals surface area contributed by atoms with Gasteiger partial charge in [-0.15, -0.1) is 0 Å². The number of alkyl carbamates (subject to hydrolysis) is 1. The van der Waals surface area contributed by atoms with Gasteiger partial charge in [0.1, 0.15) is 0 Å². The van der Waals surface area contributed by atoms with Crippen molar-refractivity contribution < 1.29 is 19.7 Å². The summed E-state index contributed by atoms with van der Waals surface area (Å²) >= 11 is 0. The van der Waals surface area contributed by atoms with Gasteiger partial charge >= 0.3 is 6.09 Å². The van der Waals surface area contributed by atoms with Crippen LogP contribution in [0.2, 0.25) is 0 Å². The summed E-state index contributed by atoms with van der Waals surface area (Å²) < 4.78 is 5.58. The molecule has 5 rings (SSSR count). The molecule has 0 aromatic heterocycles. The Kier molecular flexibility index (Phi) is 8.00. The highest BCUT2D eigenvalue weighted by Gasteiger charge is 2.64. The van der Waals surface area contributed by atoms with E-state index in [1.54, 1.807) is 0 Å². The molecule has 3 N–H and O–H groups in total. The van der Waals surface area contributed by atoms with Crippen LogP contribution >= 0.6 is 0 Å². The molecular weight excluding hydrogens is 450 g/mol. The first kappa shape index (κ1) is 26.8. The van der Waals surface area contributed by atoms with Gasteiger partial charge in [-0.3, -0.25) is 0 Å². The minimum Gasteiger partial charge on any atom is -0.450 e. The molecule has 1 amide bonds. The normalized spacial score (nSPS) is 46.9. The second-order valence-corrected chi connectivity index (χ2v) is 14.0. The van der Waals surface area contributed by atoms with Crippen molar-refractivity contribution in [2.45, 2.75) is 135 Å². The lowest BCUT2D eigenvalue weighted by molar-refractivity contribution is -0.202. The summed E-state index contributed by atoms with van der Waals surface area (Å²) in [4.78, 5) is 12.2. The molecule has 5 saturated carbocycles. The Labute approximate surface area is 219 Å². The first-order valence-electron chi connectivity index (χ1n) is 15.6. The van der Waals surface area contributed by atoms with E-state index in [1.165, 1.54) is 44.9 Å². The molecule has 0 bridgehead atoms. The third-order valence-electron chi connectivity index (χ3n) is 12.4. The lowest BCUT2D eigenvalue weighted by Gasteiger charge is -2.64. The SMILES string of the molecule is CC[C@H]1[C@@H](O)[C@@H]2[C@H](CC[C@]3(C)[C@@H](CCCOC(=O)NC4CCCCC4)CC[C@@H]23)[C@@]2(C)CC[C@@H](O)C[C@@H]12. The number of carbonyl (C=O) groups excluding carboxylic acids is 1. The van der Waals surface area contributed by atoms with Crippen molar-refractivity contribution in [3.05, 3.63) is 0 Å². The number of rotatable bonds is 6. The first-order chi connectivity index (χ1) is 17.3. The van der Waals surface area contributed by atoms with Crippen molar-refractivity contribution >= 4 is 6.09 Å². The average molecular weight is 504 g/mol. The Hall–Kier alpha value is -0.810. The van der Waals surface area contributed by atoms with E-state index in [-0.39, 0.29) is 23.7 Å². The quantitative estimate of drug-likeness (QED) is 0.364. The zero-order valence-corrected chi connectivity index (χ0v) is 23.2. The molecule has 0 unspecified atom stereocenters. The fourth-order valence-electron chi connectivity index (χ4n) is 10.5. The van der Waals surface area contributed by atoms with Gasteiger partial charge in [0.25, 0.3) is 0 Å². The van der Waals surface area contributed by atoms with E-state index in [0.29, 0.717) is 53.6 Å². The molecule has 36 heavy (non-hydrogen) atoms. The van der Waals surface area contributed by atoms with Crippen LogP contribution in [0.5, 0.6) is 0 Å². The van der Waals surface area contributed by atoms with E-state index in [1.807, 2.05) is 0 Å². The molecule has 0 spiro atoms. The predicted molar refractivity (Wildman–Crippen MR) is 142 cm³/mol. The largest absolute Gasteiger partial charge is 0.450 e. The van der Waals surface area contributed by atoms with E-state index < -0.39 is 0 Å². The van der Waals surface area contributed by atoms with Gasteiger partial charge in [-0.25, -0.2) is 4.79 Å². The molecule has 0 saturated heterocycles. The zero-order chi connectivity index (χ0) is 25.5. The lowest BCUT2D eigenvalue weighted by atomic mass is 9.41. The summed E-state index contributed by atoms with van der Waals surface area (Å²) in [5.74, 6) is 3.05. The number of aliphatic hydroxyl groups excluding tert-OH is 2. The van der Waals surface area contributed by atoms with Gasteiger partial charge in [0.15, 0.2) is 0 Å². The van der Waals surface area contributed by atoms with Crippen molar-refractivity contribution in [1.82, 2.24) is 5.32 Å². The van der Waals surface area contributed by atoms with Crippen molar-refractivity contribution in [2.75, 3.05) is 6.61 Å². The van der Waals surface area contributed by atoms with Crippen molar-refractivity contribution in [3.63, 3.8) is 0 Å². The number of hydrogen-bond donors (Lipinski definition) is 3. The minimum absolute atomic E-state index is 0.183. The number of ether oxygens (including phenoxy) is 1. The number of nitrogens with one attached hydrogen (secondary N) is 1. The Bertz CT molecular complexity index is 768. The van der Waals surface area contributed by atoms with E-state index >= 15 is 0 Å². The number of hydrogen-bond acceptors (Lipinski definition) is 4. The second kappa shape index (κ2) is 10.8. The highest BCUT2D eigenvalue weighted by molar-refractivity contribution is 5.67. The van der Waals surface area contributed by atoms with Crippen molar-refractivity contribution in [1.29, 1.82) is 0 Å². The van der Waals surface area contributed by atoms with Crippen LogP contribution in [-0.4, -0.2) is 41.2 Å². The summed E-state index contributed by atoms with van der Waals surface area (Å²) in [6.07, 6.45) is 16.3. The molecule has 0 aromatic carbocycles. The minimum atomic E-state index is -0.228. The van der Waals surface area contributed by atoms with Crippen LogP contribution in [0, 0.1) is 46.3 Å². The maximum Gasteiger partial charge on any atom is 0.407 e. The summed E-state index contributed by atoms with van der Waals surface area (Å²) in [5.41, 5.74) is 0.560. The molecule has 10 atom stereocenters. The molecule has 0 aliphatic heterocycles. The summed E-state index contributed by atoms with van der Waals surface area (Å²) in [6, 6.07) is 0.304. The maximum atomic E-state index is 12.2. The van der Waals surface area contributed by atoms with Gasteiger partial charge in [0.05, 0.1) is 18.8 Å². The van der Waals surface area contributed by atoms with Crippen LogP contribution in [0.15, 0.2) is 0 Å². The van der Waals surface area contributed by atoms with Gasteiger partial charge in [0.2, 0.25) is 0 Å². The van der Waals surface area contributed by atoms with Crippen LogP contribution in [0.4, 0.5) is 4.79 Å². The lowest BCUT2D eigenvalue weighted by Crippen LogP contribution is -2.62. The molecule has 5 fully saturated rings. The molecule has 0 heterocycles. The van der Waals surface area contributed by atoms with Gasteiger partial charge in [0, 0.05) is 6.04 Å². The van der Waals surface area contributed by atoms with E-state index in [9.17, 15) is 15.0 Å². The van der Waals surface area contributed by atoms with Crippen LogP contribution in [0.25, 0.3) is 0 Å². The molecule has 5 aliphatic rings. The van der Waals surface area contributed by atoms with Crippen molar-refractivity contribution in [3.8, 4) is 0 Å². The Morgan fingerprint density at radius 3 is 2.39 bits per heavy atom. The summed E-state index contributed by atoms with van der Waals surface area (Å²) in [7, 11) is 0. The van der Waals surface area contributed by atoms with Gasteiger partial charge in [-0.05, 0) is 117 Å². The Balaban J connectivity index is 1.19. The Morgan fingerprint density at radius 1 is 0.917 bits per heavy atom. The highest BCUT2D eigenvalue weighted by Crippen LogP contribution is 2.69. The Morgan fingerprint density at radius 2 is 1.64 bits per heavy atom. The monoisotopic (exact) mass is 503 g/mol. The maximum absolute atomic E-state index is 12.2. The van der Waals surface area contributed by atoms with Gasteiger partial charge < -0.3 is 20.3 Å². The van der Waals surface area contributed by atoms with Crippen molar-refractivity contribution in [2.24, 2.45) is 46.3 Å². The van der Waals surface area contributed by atoms with Crippen LogP contribution in [-0.2, 0) is 4.74 Å². The van der Waals surface area contributed by atoms with E-state index in [2.05, 4.69) is 26.1 Å². The molecule has 206 valence electrons. The predicted octanol–water partition coefficient (Wildman–Crippen LogP) is 6.45. The molecule has 5 aliphatic carbocycles. The zero-order valence-electron chi connectivity index (χ0n) is 23.2. The topological polar surface area (TPSA) is 78.8 Å². The second-order valence-electron chi connectivity index (χ2n) is 14.0. The number of amides is 1. The molecule has 0 aromatic rings. The summed E-state index contributed by atoms with van der Waals surface area (Å²) in [5, 5.41) is 25.4. The average Bonchev–Trinajstić information content (AvgIpc) is 3.20. The van der Waals surface area contributed by atoms with Gasteiger partial charge in [-0.1, -0.05) is 46.5 Å². The molecule has 5 heteroatoms. The van der Waals surface area contributed by atoms with Crippen LogP contribution in [0.1, 0.15) is 117 Å². The fraction of sp³-hybridized carbons (Fsp3) is 0.968. The summed E-state index contributed by atoms with van der Waals surface area (Å²) in [6.45, 7) is 7.81. The van der Waals surface area contributed by atoms with Gasteiger partial charge in [-0.2, -0.15) is 0 Å². The highest BCUT2D eigenvalue weighted by atomic mass is 16.5. The van der Waals surface area contributed by atoms with E-state index in [4.69, 9.17) is 4.74 Å². The van der Waals surface area contributed by atoms with Crippen LogP contribution < -0.4 is 5.32 Å². The third kappa shape index (κ3) is 4.74. The fourth-order valence-corrected chi connectivity index (χ4v) is 10.5. The number of aliphatic hydroxyl groups is 2. The third-order valence-corrected chi connectivity index (χ3v) is 12.4. The smallest absolute Gasteiger partial charge is 0.407 e. The van der Waals surface area contributed by atoms with Crippen LogP contribution in [0.3, 0.4) is 0 Å². The molecule has 0 radical (unpaired) electrons. The number of fused-ring (bicyclic) bond motifs is 5. The standard InChI is InChI=1S/C31H53NO4/c1-4-23-26-19-22(33)14-16-31(26,3)25-15-17-30(2)20(12-13-24(30)27(25)28(23)34)9-8-18-36-29(35)32-21-10-6-5-7-11-21/h20-28,33-34H,4-19H2,1-3H3,(H,32,35)/t20-,22+,23+,24-,25-,26-,27-,28+,30+,31+/m0/s1. The number of carbonyl (C=O) groups is 1. The van der Waals surface area contributed by atoms with E-state index in [0.717, 1.165) is 51.4 Å². The molecule has 5 nitrogen and oxygen atoms in total. The first-order valence-corrected chi connectivity index (χ1v) is 15.6. The molecular formula is C31H53NO4.